The van der Waals surface area contributed by atoms with E-state index in [1.54, 1.807) is 0 Å². The molecule has 0 saturated heterocycles. The first-order valence-electron chi connectivity index (χ1n) is 7.04. The SMILES string of the molecule is Cc1ccccc1/C=N\OCC(=O)Nc1cccc(C(F)(F)F)c1. The number of amides is 1. The quantitative estimate of drug-likeness (QED) is 0.663. The van der Waals surface area contributed by atoms with E-state index in [2.05, 4.69) is 10.5 Å². The number of nitrogens with zero attached hydrogens (tertiary/aromatic N) is 1. The molecule has 0 aliphatic heterocycles. The van der Waals surface area contributed by atoms with Crippen LogP contribution in [0.15, 0.2) is 53.7 Å². The zero-order valence-corrected chi connectivity index (χ0v) is 12.8. The van der Waals surface area contributed by atoms with Crippen LogP contribution >= 0.6 is 0 Å². The second-order valence-electron chi connectivity index (χ2n) is 4.99. The first-order valence-corrected chi connectivity index (χ1v) is 7.04. The third-order valence-electron chi connectivity index (χ3n) is 3.12. The number of carbonyl (C=O) groups excluding carboxylic acids is 1. The number of oxime groups is 1. The van der Waals surface area contributed by atoms with E-state index in [1.165, 1.54) is 18.3 Å². The molecule has 0 bridgehead atoms. The minimum absolute atomic E-state index is 0.0429. The van der Waals surface area contributed by atoms with Crippen LogP contribution in [0.5, 0.6) is 0 Å². The Balaban J connectivity index is 1.87. The molecule has 1 N–H and O–H groups in total. The van der Waals surface area contributed by atoms with Gasteiger partial charge in [0.1, 0.15) is 0 Å². The summed E-state index contributed by atoms with van der Waals surface area (Å²) in [6.07, 6.45) is -3.00. The molecule has 0 fully saturated rings. The summed E-state index contributed by atoms with van der Waals surface area (Å²) in [5.41, 5.74) is 1.05. The molecule has 2 aromatic rings. The lowest BCUT2D eigenvalue weighted by Crippen LogP contribution is -2.17. The second-order valence-corrected chi connectivity index (χ2v) is 4.99. The average molecular weight is 336 g/mol. The molecule has 0 atom stereocenters. The smallest absolute Gasteiger partial charge is 0.386 e. The maximum absolute atomic E-state index is 12.6. The minimum atomic E-state index is -4.46. The second kappa shape index (κ2) is 7.63. The van der Waals surface area contributed by atoms with Crippen molar-refractivity contribution in [3.8, 4) is 0 Å². The van der Waals surface area contributed by atoms with Crippen molar-refractivity contribution in [2.45, 2.75) is 13.1 Å². The molecule has 7 heteroatoms. The molecule has 0 aliphatic carbocycles. The highest BCUT2D eigenvalue weighted by molar-refractivity contribution is 5.91. The highest BCUT2D eigenvalue weighted by Gasteiger charge is 2.30. The molecule has 0 radical (unpaired) electrons. The molecule has 0 aromatic heterocycles. The van der Waals surface area contributed by atoms with Gasteiger partial charge >= 0.3 is 6.18 Å². The van der Waals surface area contributed by atoms with Gasteiger partial charge in [0.05, 0.1) is 11.8 Å². The van der Waals surface area contributed by atoms with Crippen molar-refractivity contribution in [1.82, 2.24) is 0 Å². The van der Waals surface area contributed by atoms with Crippen LogP contribution in [0.2, 0.25) is 0 Å². The van der Waals surface area contributed by atoms with E-state index in [4.69, 9.17) is 4.84 Å². The number of nitrogens with one attached hydrogen (secondary N) is 1. The van der Waals surface area contributed by atoms with E-state index in [1.807, 2.05) is 31.2 Å². The molecule has 0 saturated carbocycles. The Morgan fingerprint density at radius 3 is 2.67 bits per heavy atom. The zero-order valence-electron chi connectivity index (χ0n) is 12.8. The van der Waals surface area contributed by atoms with E-state index in [-0.39, 0.29) is 5.69 Å². The van der Waals surface area contributed by atoms with Gasteiger partial charge in [-0.3, -0.25) is 4.79 Å². The van der Waals surface area contributed by atoms with Gasteiger partial charge in [-0.2, -0.15) is 13.2 Å². The summed E-state index contributed by atoms with van der Waals surface area (Å²) in [7, 11) is 0. The topological polar surface area (TPSA) is 50.7 Å². The molecule has 1 amide bonds. The van der Waals surface area contributed by atoms with Gasteiger partial charge in [0.15, 0.2) is 6.61 Å². The van der Waals surface area contributed by atoms with Gasteiger partial charge in [-0.15, -0.1) is 0 Å². The molecule has 0 heterocycles. The molecule has 126 valence electrons. The van der Waals surface area contributed by atoms with Gasteiger partial charge in [-0.25, -0.2) is 0 Å². The Morgan fingerprint density at radius 2 is 1.96 bits per heavy atom. The fourth-order valence-electron chi connectivity index (χ4n) is 1.89. The lowest BCUT2D eigenvalue weighted by molar-refractivity contribution is -0.137. The van der Waals surface area contributed by atoms with Crippen LogP contribution in [0, 0.1) is 6.92 Å². The Bertz CT molecular complexity index is 743. The Kier molecular flexibility index (Phi) is 5.57. The molecule has 2 aromatic carbocycles. The van der Waals surface area contributed by atoms with Crippen molar-refractivity contribution >= 4 is 17.8 Å². The average Bonchev–Trinajstić information content (AvgIpc) is 2.52. The van der Waals surface area contributed by atoms with E-state index >= 15 is 0 Å². The predicted octanol–water partition coefficient (Wildman–Crippen LogP) is 4.00. The van der Waals surface area contributed by atoms with Gasteiger partial charge in [-0.05, 0) is 36.2 Å². The minimum Gasteiger partial charge on any atom is -0.386 e. The molecule has 2 rings (SSSR count). The molecule has 0 spiro atoms. The standard InChI is InChI=1S/C17H15F3N2O2/c1-12-5-2-3-6-13(12)10-21-24-11-16(23)22-15-8-4-7-14(9-15)17(18,19)20/h2-10H,11H2,1H3,(H,22,23)/b21-10-. The summed E-state index contributed by atoms with van der Waals surface area (Å²) >= 11 is 0. The molecule has 0 aliphatic rings. The maximum Gasteiger partial charge on any atom is 0.416 e. The van der Waals surface area contributed by atoms with Crippen LogP contribution in [0.4, 0.5) is 18.9 Å². The highest BCUT2D eigenvalue weighted by Crippen LogP contribution is 2.30. The number of rotatable bonds is 5. The molecule has 4 nitrogen and oxygen atoms in total. The van der Waals surface area contributed by atoms with Gasteiger partial charge in [-0.1, -0.05) is 35.5 Å². The zero-order chi connectivity index (χ0) is 17.6. The van der Waals surface area contributed by atoms with Crippen LogP contribution in [0.1, 0.15) is 16.7 Å². The van der Waals surface area contributed by atoms with Gasteiger partial charge in [0, 0.05) is 5.69 Å². The van der Waals surface area contributed by atoms with E-state index in [0.717, 1.165) is 23.3 Å². The van der Waals surface area contributed by atoms with Crippen LogP contribution in [-0.2, 0) is 15.8 Å². The molecular weight excluding hydrogens is 321 g/mol. The number of anilines is 1. The van der Waals surface area contributed by atoms with E-state index < -0.39 is 24.3 Å². The molecular formula is C17H15F3N2O2. The van der Waals surface area contributed by atoms with Crippen molar-refractivity contribution in [2.75, 3.05) is 11.9 Å². The van der Waals surface area contributed by atoms with Crippen molar-refractivity contribution in [3.05, 3.63) is 65.2 Å². The highest BCUT2D eigenvalue weighted by atomic mass is 19.4. The van der Waals surface area contributed by atoms with Gasteiger partial charge in [0.25, 0.3) is 5.91 Å². The van der Waals surface area contributed by atoms with Gasteiger partial charge < -0.3 is 10.2 Å². The first kappa shape index (κ1) is 17.5. The number of hydrogen-bond donors (Lipinski definition) is 1. The summed E-state index contributed by atoms with van der Waals surface area (Å²) in [6, 6.07) is 11.8. The first-order chi connectivity index (χ1) is 11.4. The fourth-order valence-corrected chi connectivity index (χ4v) is 1.89. The third kappa shape index (κ3) is 5.12. The number of carbonyl (C=O) groups is 1. The predicted molar refractivity (Wildman–Crippen MR) is 84.8 cm³/mol. The molecule has 0 unspecified atom stereocenters. The third-order valence-corrected chi connectivity index (χ3v) is 3.12. The van der Waals surface area contributed by atoms with Crippen LogP contribution in [0.25, 0.3) is 0 Å². The van der Waals surface area contributed by atoms with E-state index in [0.29, 0.717) is 0 Å². The lowest BCUT2D eigenvalue weighted by Gasteiger charge is -2.09. The largest absolute Gasteiger partial charge is 0.416 e. The van der Waals surface area contributed by atoms with E-state index in [9.17, 15) is 18.0 Å². The summed E-state index contributed by atoms with van der Waals surface area (Å²) in [4.78, 5) is 16.5. The Labute approximate surface area is 136 Å². The summed E-state index contributed by atoms with van der Waals surface area (Å²) in [6.45, 7) is 1.50. The Morgan fingerprint density at radius 1 is 1.21 bits per heavy atom. The van der Waals surface area contributed by atoms with Crippen LogP contribution < -0.4 is 5.32 Å². The normalized spacial score (nSPS) is 11.5. The number of halogens is 3. The summed E-state index contributed by atoms with van der Waals surface area (Å²) < 4.78 is 37.8. The van der Waals surface area contributed by atoms with Crippen molar-refractivity contribution in [3.63, 3.8) is 0 Å². The summed E-state index contributed by atoms with van der Waals surface area (Å²) in [5, 5.41) is 6.00. The van der Waals surface area contributed by atoms with Crippen molar-refractivity contribution in [2.24, 2.45) is 5.16 Å². The molecule has 24 heavy (non-hydrogen) atoms. The van der Waals surface area contributed by atoms with Crippen molar-refractivity contribution in [1.29, 1.82) is 0 Å². The van der Waals surface area contributed by atoms with Gasteiger partial charge in [0.2, 0.25) is 0 Å². The number of alkyl halides is 3. The monoisotopic (exact) mass is 336 g/mol. The lowest BCUT2D eigenvalue weighted by atomic mass is 10.1. The fraction of sp³-hybridized carbons (Fsp3) is 0.176. The van der Waals surface area contributed by atoms with Crippen LogP contribution in [-0.4, -0.2) is 18.7 Å². The Hall–Kier alpha value is -2.83. The number of benzene rings is 2. The van der Waals surface area contributed by atoms with Crippen LogP contribution in [0.3, 0.4) is 0 Å². The maximum atomic E-state index is 12.6. The number of hydrogen-bond acceptors (Lipinski definition) is 3. The number of aryl methyl sites for hydroxylation is 1. The summed E-state index contributed by atoms with van der Waals surface area (Å²) in [5.74, 6) is -0.601. The van der Waals surface area contributed by atoms with Crippen molar-refractivity contribution < 1.29 is 22.8 Å².